The van der Waals surface area contributed by atoms with Crippen molar-refractivity contribution in [1.29, 1.82) is 0 Å². The van der Waals surface area contributed by atoms with Gasteiger partial charge in [0, 0.05) is 12.8 Å². The quantitative estimate of drug-likeness (QED) is 0.256. The van der Waals surface area contributed by atoms with E-state index in [9.17, 15) is 44.3 Å². The Balaban J connectivity index is 2.05. The van der Waals surface area contributed by atoms with Gasteiger partial charge >= 0.3 is 12.4 Å². The van der Waals surface area contributed by atoms with Gasteiger partial charge in [-0.3, -0.25) is 9.59 Å². The molecule has 2 aromatic carbocycles. The van der Waals surface area contributed by atoms with Crippen molar-refractivity contribution in [3.63, 3.8) is 0 Å². The number of alkyl halides is 6. The topological polar surface area (TPSA) is 111 Å². The minimum atomic E-state index is -5.12. The van der Waals surface area contributed by atoms with Crippen LogP contribution in [0.2, 0.25) is 0 Å². The van der Waals surface area contributed by atoms with Crippen LogP contribution < -0.4 is 19.5 Å². The van der Waals surface area contributed by atoms with Crippen LogP contribution >= 0.6 is 0 Å². The van der Waals surface area contributed by atoms with Gasteiger partial charge in [0.2, 0.25) is 10.0 Å². The predicted molar refractivity (Wildman–Crippen MR) is 131 cm³/mol. The SMILES string of the molecule is COc1ccc(C2=C(C(=O)NS(C)(=O)=O)C(=O)NC(c3ccc(OCCCC(F)(F)F)cc3)(C(F)(F)F)C2)cc1. The number of methoxy groups -OCH3 is 1. The van der Waals surface area contributed by atoms with Crippen molar-refractivity contribution in [1.82, 2.24) is 10.0 Å². The molecule has 0 aliphatic carbocycles. The second kappa shape index (κ2) is 11.4. The molecule has 8 nitrogen and oxygen atoms in total. The third kappa shape index (κ3) is 7.25. The second-order valence-electron chi connectivity index (χ2n) is 8.91. The number of carbonyl (C=O) groups excluding carboxylic acids is 2. The number of rotatable bonds is 9. The lowest BCUT2D eigenvalue weighted by molar-refractivity contribution is -0.201. The van der Waals surface area contributed by atoms with Crippen LogP contribution in [0.25, 0.3) is 5.57 Å². The average Bonchev–Trinajstić information content (AvgIpc) is 2.84. The first kappa shape index (κ1) is 30.8. The third-order valence-corrected chi connectivity index (χ3v) is 6.50. The van der Waals surface area contributed by atoms with E-state index in [2.05, 4.69) is 0 Å². The maximum Gasteiger partial charge on any atom is 0.416 e. The lowest BCUT2D eigenvalue weighted by atomic mass is 9.76. The first-order chi connectivity index (χ1) is 18.5. The lowest BCUT2D eigenvalue weighted by Gasteiger charge is -2.41. The van der Waals surface area contributed by atoms with E-state index in [1.54, 1.807) is 4.72 Å². The van der Waals surface area contributed by atoms with E-state index in [0.29, 0.717) is 12.0 Å². The zero-order valence-electron chi connectivity index (χ0n) is 21.1. The molecule has 218 valence electrons. The van der Waals surface area contributed by atoms with Gasteiger partial charge in [-0.1, -0.05) is 24.3 Å². The number of ether oxygens (including phenoxy) is 2. The van der Waals surface area contributed by atoms with Crippen LogP contribution in [-0.4, -0.2) is 52.6 Å². The predicted octanol–water partition coefficient (Wildman–Crippen LogP) is 4.22. The summed E-state index contributed by atoms with van der Waals surface area (Å²) in [4.78, 5) is 25.9. The smallest absolute Gasteiger partial charge is 0.416 e. The van der Waals surface area contributed by atoms with E-state index in [1.165, 1.54) is 31.4 Å². The summed E-state index contributed by atoms with van der Waals surface area (Å²) >= 11 is 0. The van der Waals surface area contributed by atoms with E-state index in [0.717, 1.165) is 24.3 Å². The minimum absolute atomic E-state index is 0.00419. The van der Waals surface area contributed by atoms with Gasteiger partial charge in [0.1, 0.15) is 17.1 Å². The molecule has 40 heavy (non-hydrogen) atoms. The van der Waals surface area contributed by atoms with Crippen LogP contribution in [0.4, 0.5) is 26.3 Å². The molecular formula is C25H24F6N2O6S. The Morgan fingerprint density at radius 1 is 1.00 bits per heavy atom. The molecule has 1 unspecified atom stereocenters. The van der Waals surface area contributed by atoms with E-state index in [1.807, 2.05) is 5.32 Å². The third-order valence-electron chi connectivity index (χ3n) is 5.95. The van der Waals surface area contributed by atoms with Gasteiger partial charge < -0.3 is 14.8 Å². The normalized spacial score (nSPS) is 18.2. The fraction of sp³-hybridized carbons (Fsp3) is 0.360. The first-order valence-corrected chi connectivity index (χ1v) is 13.4. The van der Waals surface area contributed by atoms with Gasteiger partial charge in [-0.05, 0) is 47.4 Å². The molecule has 2 aromatic rings. The molecule has 1 aliphatic heterocycles. The molecule has 1 atom stereocenters. The van der Waals surface area contributed by atoms with Crippen molar-refractivity contribution in [3.05, 3.63) is 65.2 Å². The molecule has 1 aliphatic rings. The van der Waals surface area contributed by atoms with Crippen molar-refractivity contribution in [3.8, 4) is 11.5 Å². The van der Waals surface area contributed by atoms with Gasteiger partial charge in [-0.15, -0.1) is 0 Å². The highest BCUT2D eigenvalue weighted by Crippen LogP contribution is 2.48. The standard InChI is InChI=1S/C25H24F6N2O6S/c1-38-17-8-4-15(5-9-17)19-14-23(25(29,30)31,32-21(34)20(19)22(35)33-40(2,36)37)16-6-10-18(11-7-16)39-13-3-12-24(26,27)28/h4-11H,3,12-14H2,1-2H3,(H,32,34)(H,33,35). The van der Waals surface area contributed by atoms with E-state index in [-0.39, 0.29) is 29.9 Å². The Kier molecular flexibility index (Phi) is 8.77. The van der Waals surface area contributed by atoms with Crippen molar-refractivity contribution >= 4 is 27.4 Å². The van der Waals surface area contributed by atoms with Crippen LogP contribution in [-0.2, 0) is 25.2 Å². The minimum Gasteiger partial charge on any atom is -0.497 e. The summed E-state index contributed by atoms with van der Waals surface area (Å²) in [5.74, 6) is -2.55. The Morgan fingerprint density at radius 2 is 1.57 bits per heavy atom. The van der Waals surface area contributed by atoms with E-state index < -0.39 is 63.7 Å². The number of sulfonamides is 1. The van der Waals surface area contributed by atoms with Gasteiger partial charge in [0.15, 0.2) is 5.54 Å². The van der Waals surface area contributed by atoms with Gasteiger partial charge in [0.25, 0.3) is 11.8 Å². The van der Waals surface area contributed by atoms with E-state index >= 15 is 0 Å². The zero-order chi connectivity index (χ0) is 29.9. The molecule has 0 aromatic heterocycles. The monoisotopic (exact) mass is 594 g/mol. The van der Waals surface area contributed by atoms with Gasteiger partial charge in [-0.2, -0.15) is 26.3 Å². The first-order valence-electron chi connectivity index (χ1n) is 11.5. The van der Waals surface area contributed by atoms with Crippen molar-refractivity contribution < 1.29 is 53.8 Å². The molecule has 0 bridgehead atoms. The van der Waals surface area contributed by atoms with E-state index in [4.69, 9.17) is 9.47 Å². The molecule has 0 radical (unpaired) electrons. The number of nitrogens with one attached hydrogen (secondary N) is 2. The number of benzene rings is 2. The molecule has 0 fully saturated rings. The van der Waals surface area contributed by atoms with Crippen LogP contribution in [0.5, 0.6) is 11.5 Å². The molecule has 3 rings (SSSR count). The Bertz CT molecular complexity index is 1390. The fourth-order valence-corrected chi connectivity index (χ4v) is 4.54. The number of amides is 2. The highest BCUT2D eigenvalue weighted by atomic mass is 32.2. The Morgan fingerprint density at radius 3 is 2.08 bits per heavy atom. The summed E-state index contributed by atoms with van der Waals surface area (Å²) in [6, 6.07) is 9.65. The van der Waals surface area contributed by atoms with Crippen LogP contribution in [0.3, 0.4) is 0 Å². The largest absolute Gasteiger partial charge is 0.497 e. The molecule has 15 heteroatoms. The Labute approximate surface area is 225 Å². The molecule has 1 heterocycles. The molecule has 0 saturated carbocycles. The van der Waals surface area contributed by atoms with Crippen molar-refractivity contribution in [2.45, 2.75) is 37.2 Å². The van der Waals surface area contributed by atoms with Gasteiger partial charge in [-0.25, -0.2) is 13.1 Å². The lowest BCUT2D eigenvalue weighted by Crippen LogP contribution is -2.59. The maximum atomic E-state index is 14.7. The van der Waals surface area contributed by atoms with Crippen molar-refractivity contribution in [2.75, 3.05) is 20.0 Å². The zero-order valence-corrected chi connectivity index (χ0v) is 21.9. The summed E-state index contributed by atoms with van der Waals surface area (Å²) in [5.41, 5.74) is -4.67. The molecule has 0 spiro atoms. The Hall–Kier alpha value is -3.75. The number of halogens is 6. The number of hydrogen-bond donors (Lipinski definition) is 2. The maximum absolute atomic E-state index is 14.7. The summed E-state index contributed by atoms with van der Waals surface area (Å²) in [6.07, 6.45) is -11.3. The molecule has 2 N–H and O–H groups in total. The molecule has 2 amide bonds. The van der Waals surface area contributed by atoms with Crippen LogP contribution in [0, 0.1) is 0 Å². The average molecular weight is 595 g/mol. The van der Waals surface area contributed by atoms with Gasteiger partial charge in [0.05, 0.1) is 20.0 Å². The van der Waals surface area contributed by atoms with Crippen molar-refractivity contribution in [2.24, 2.45) is 0 Å². The number of carbonyl (C=O) groups is 2. The summed E-state index contributed by atoms with van der Waals surface area (Å²) in [6.45, 7) is -0.330. The summed E-state index contributed by atoms with van der Waals surface area (Å²) in [5, 5.41) is 1.85. The fourth-order valence-electron chi connectivity index (χ4n) is 4.10. The van der Waals surface area contributed by atoms with Crippen LogP contribution in [0.1, 0.15) is 30.4 Å². The highest BCUT2D eigenvalue weighted by Gasteiger charge is 2.60. The summed E-state index contributed by atoms with van der Waals surface area (Å²) < 4.78 is 116. The van der Waals surface area contributed by atoms with Crippen LogP contribution in [0.15, 0.2) is 54.1 Å². The number of hydrogen-bond acceptors (Lipinski definition) is 6. The summed E-state index contributed by atoms with van der Waals surface area (Å²) in [7, 11) is -2.82. The second-order valence-corrected chi connectivity index (χ2v) is 10.7. The highest BCUT2D eigenvalue weighted by molar-refractivity contribution is 7.89. The molecule has 0 saturated heterocycles. The molecular weight excluding hydrogens is 570 g/mol.